The topological polar surface area (TPSA) is 41.1 Å². The predicted octanol–water partition coefficient (Wildman–Crippen LogP) is 2.26. The molecule has 0 aromatic heterocycles. The Morgan fingerprint density at radius 2 is 1.72 bits per heavy atom. The molecule has 0 heterocycles. The molecule has 1 aromatic rings. The first kappa shape index (κ1) is 13.1. The van der Waals surface area contributed by atoms with Crippen molar-refractivity contribution in [1.29, 1.82) is 0 Å². The average Bonchev–Trinajstić information content (AvgIpc) is 2.40. The van der Waals surface area contributed by atoms with Gasteiger partial charge in [-0.25, -0.2) is 0 Å². The Morgan fingerprint density at radius 3 is 2.33 bits per heavy atom. The molecule has 18 heavy (non-hydrogen) atoms. The third-order valence-corrected chi connectivity index (χ3v) is 3.86. The molecule has 0 bridgehead atoms. The lowest BCUT2D eigenvalue weighted by Gasteiger charge is -2.29. The lowest BCUT2D eigenvalue weighted by Crippen LogP contribution is -2.41. The number of carbonyl (C=O) groups is 1. The molecule has 0 radical (unpaired) electrons. The van der Waals surface area contributed by atoms with Crippen LogP contribution in [0.5, 0.6) is 0 Å². The lowest BCUT2D eigenvalue weighted by molar-refractivity contribution is 0.0924. The van der Waals surface area contributed by atoms with Crippen LogP contribution < -0.4 is 10.6 Å². The first-order chi connectivity index (χ1) is 8.70. The molecular formula is C15H22N2O. The van der Waals surface area contributed by atoms with Crippen LogP contribution in [-0.2, 0) is 0 Å². The molecule has 98 valence electrons. The van der Waals surface area contributed by atoms with Gasteiger partial charge < -0.3 is 10.6 Å². The first-order valence-electron chi connectivity index (χ1n) is 6.74. The van der Waals surface area contributed by atoms with Gasteiger partial charge in [-0.15, -0.1) is 0 Å². The van der Waals surface area contributed by atoms with Crippen molar-refractivity contribution in [1.82, 2.24) is 10.6 Å². The summed E-state index contributed by atoms with van der Waals surface area (Å²) < 4.78 is 0. The molecule has 0 aliphatic heterocycles. The van der Waals surface area contributed by atoms with Crippen molar-refractivity contribution in [3.8, 4) is 0 Å². The Balaban J connectivity index is 1.91. The average molecular weight is 246 g/mol. The van der Waals surface area contributed by atoms with Crippen molar-refractivity contribution in [3.05, 3.63) is 35.4 Å². The maximum Gasteiger partial charge on any atom is 0.251 e. The molecule has 3 heteroatoms. The van der Waals surface area contributed by atoms with E-state index in [2.05, 4.69) is 10.6 Å². The van der Waals surface area contributed by atoms with E-state index in [0.717, 1.165) is 36.8 Å². The van der Waals surface area contributed by atoms with Crippen LogP contribution >= 0.6 is 0 Å². The number of nitrogens with one attached hydrogen (secondary N) is 2. The summed E-state index contributed by atoms with van der Waals surface area (Å²) >= 11 is 0. The smallest absolute Gasteiger partial charge is 0.251 e. The molecule has 1 fully saturated rings. The van der Waals surface area contributed by atoms with Gasteiger partial charge in [0.05, 0.1) is 0 Å². The summed E-state index contributed by atoms with van der Waals surface area (Å²) in [5, 5.41) is 6.46. The van der Waals surface area contributed by atoms with Gasteiger partial charge in [0, 0.05) is 17.6 Å². The number of benzene rings is 1. The van der Waals surface area contributed by atoms with E-state index in [-0.39, 0.29) is 5.91 Å². The van der Waals surface area contributed by atoms with Gasteiger partial charge in [-0.2, -0.15) is 0 Å². The summed E-state index contributed by atoms with van der Waals surface area (Å²) in [6.07, 6.45) is 4.44. The van der Waals surface area contributed by atoms with Crippen molar-refractivity contribution in [3.63, 3.8) is 0 Å². The van der Waals surface area contributed by atoms with Gasteiger partial charge in [0.25, 0.3) is 5.91 Å². The van der Waals surface area contributed by atoms with Crippen molar-refractivity contribution in [2.45, 2.75) is 44.7 Å². The Labute approximate surface area is 109 Å². The molecule has 1 amide bonds. The maximum absolute atomic E-state index is 12.2. The molecule has 1 aliphatic carbocycles. The third kappa shape index (κ3) is 3.10. The summed E-state index contributed by atoms with van der Waals surface area (Å²) in [5.74, 6) is 0.0704. The van der Waals surface area contributed by atoms with Crippen molar-refractivity contribution in [2.24, 2.45) is 0 Å². The Morgan fingerprint density at radius 1 is 1.11 bits per heavy atom. The second-order valence-electron chi connectivity index (χ2n) is 5.13. The van der Waals surface area contributed by atoms with Gasteiger partial charge in [0.15, 0.2) is 0 Å². The SMILES string of the molecule is CN[C@H]1CC[C@@H](NC(=O)c2ccccc2C)CC1. The highest BCUT2D eigenvalue weighted by atomic mass is 16.1. The van der Waals surface area contributed by atoms with Crippen LogP contribution in [0.15, 0.2) is 24.3 Å². The van der Waals surface area contributed by atoms with E-state index in [9.17, 15) is 4.79 Å². The van der Waals surface area contributed by atoms with E-state index >= 15 is 0 Å². The van der Waals surface area contributed by atoms with Gasteiger partial charge in [-0.3, -0.25) is 4.79 Å². The Bertz CT molecular complexity index is 409. The van der Waals surface area contributed by atoms with E-state index < -0.39 is 0 Å². The molecule has 0 atom stereocenters. The van der Waals surface area contributed by atoms with E-state index in [4.69, 9.17) is 0 Å². The quantitative estimate of drug-likeness (QED) is 0.859. The number of rotatable bonds is 3. The van der Waals surface area contributed by atoms with Gasteiger partial charge in [-0.1, -0.05) is 18.2 Å². The lowest BCUT2D eigenvalue weighted by atomic mass is 9.91. The summed E-state index contributed by atoms with van der Waals surface area (Å²) in [5.41, 5.74) is 1.84. The van der Waals surface area contributed by atoms with Gasteiger partial charge in [0.2, 0.25) is 0 Å². The highest BCUT2D eigenvalue weighted by Crippen LogP contribution is 2.19. The summed E-state index contributed by atoms with van der Waals surface area (Å²) in [6, 6.07) is 8.71. The molecule has 3 nitrogen and oxygen atoms in total. The minimum absolute atomic E-state index is 0.0704. The zero-order valence-electron chi connectivity index (χ0n) is 11.2. The van der Waals surface area contributed by atoms with Crippen molar-refractivity contribution < 1.29 is 4.79 Å². The van der Waals surface area contributed by atoms with Gasteiger partial charge in [-0.05, 0) is 51.3 Å². The summed E-state index contributed by atoms with van der Waals surface area (Å²) in [4.78, 5) is 12.2. The number of hydrogen-bond donors (Lipinski definition) is 2. The van der Waals surface area contributed by atoms with Crippen molar-refractivity contribution in [2.75, 3.05) is 7.05 Å². The zero-order valence-corrected chi connectivity index (χ0v) is 11.2. The van der Waals surface area contributed by atoms with Crippen LogP contribution in [-0.4, -0.2) is 25.0 Å². The van der Waals surface area contributed by atoms with Gasteiger partial charge >= 0.3 is 0 Å². The molecule has 1 aromatic carbocycles. The minimum Gasteiger partial charge on any atom is -0.349 e. The molecule has 2 N–H and O–H groups in total. The second kappa shape index (κ2) is 6.01. The summed E-state index contributed by atoms with van der Waals surface area (Å²) in [7, 11) is 2.01. The third-order valence-electron chi connectivity index (χ3n) is 3.86. The first-order valence-corrected chi connectivity index (χ1v) is 6.74. The number of carbonyl (C=O) groups excluding carboxylic acids is 1. The molecule has 2 rings (SSSR count). The normalized spacial score (nSPS) is 23.7. The Kier molecular flexibility index (Phi) is 4.37. The van der Waals surface area contributed by atoms with E-state index in [1.807, 2.05) is 38.2 Å². The number of hydrogen-bond acceptors (Lipinski definition) is 2. The van der Waals surface area contributed by atoms with Crippen LogP contribution in [0.4, 0.5) is 0 Å². The van der Waals surface area contributed by atoms with E-state index in [0.29, 0.717) is 12.1 Å². The minimum atomic E-state index is 0.0704. The van der Waals surface area contributed by atoms with Crippen LogP contribution in [0.1, 0.15) is 41.6 Å². The number of amides is 1. The fourth-order valence-electron chi connectivity index (χ4n) is 2.62. The van der Waals surface area contributed by atoms with E-state index in [1.54, 1.807) is 0 Å². The standard InChI is InChI=1S/C15H22N2O/c1-11-5-3-4-6-14(11)15(18)17-13-9-7-12(16-2)8-10-13/h3-6,12-13,16H,7-10H2,1-2H3,(H,17,18)/t12-,13+. The molecule has 1 saturated carbocycles. The molecule has 0 unspecified atom stereocenters. The number of aryl methyl sites for hydroxylation is 1. The maximum atomic E-state index is 12.2. The fraction of sp³-hybridized carbons (Fsp3) is 0.533. The summed E-state index contributed by atoms with van der Waals surface area (Å²) in [6.45, 7) is 1.98. The van der Waals surface area contributed by atoms with Crippen molar-refractivity contribution >= 4 is 5.91 Å². The highest BCUT2D eigenvalue weighted by molar-refractivity contribution is 5.95. The monoisotopic (exact) mass is 246 g/mol. The van der Waals surface area contributed by atoms with E-state index in [1.165, 1.54) is 0 Å². The largest absolute Gasteiger partial charge is 0.349 e. The predicted molar refractivity (Wildman–Crippen MR) is 73.7 cm³/mol. The van der Waals surface area contributed by atoms with Crippen LogP contribution in [0.2, 0.25) is 0 Å². The fourth-order valence-corrected chi connectivity index (χ4v) is 2.62. The highest BCUT2D eigenvalue weighted by Gasteiger charge is 2.21. The van der Waals surface area contributed by atoms with Crippen LogP contribution in [0.3, 0.4) is 0 Å². The van der Waals surface area contributed by atoms with Gasteiger partial charge in [0.1, 0.15) is 0 Å². The molecule has 0 spiro atoms. The zero-order chi connectivity index (χ0) is 13.0. The molecule has 0 saturated heterocycles. The van der Waals surface area contributed by atoms with Crippen LogP contribution in [0, 0.1) is 6.92 Å². The van der Waals surface area contributed by atoms with Crippen LogP contribution in [0.25, 0.3) is 0 Å². The Hall–Kier alpha value is -1.35. The molecule has 1 aliphatic rings. The molecular weight excluding hydrogens is 224 g/mol. The second-order valence-corrected chi connectivity index (χ2v) is 5.13.